The van der Waals surface area contributed by atoms with E-state index in [4.69, 9.17) is 4.42 Å². The Morgan fingerprint density at radius 3 is 2.26 bits per heavy atom. The maximum Gasteiger partial charge on any atom is 0.433 e. The summed E-state index contributed by atoms with van der Waals surface area (Å²) in [6, 6.07) is 9.52. The van der Waals surface area contributed by atoms with Gasteiger partial charge in [-0.25, -0.2) is 22.8 Å². The highest BCUT2D eigenvalue weighted by Crippen LogP contribution is 2.40. The molecule has 13 heteroatoms. The van der Waals surface area contributed by atoms with E-state index in [0.29, 0.717) is 22.6 Å². The fourth-order valence-corrected chi connectivity index (χ4v) is 5.69. The van der Waals surface area contributed by atoms with Crippen molar-refractivity contribution in [2.75, 3.05) is 6.26 Å². The van der Waals surface area contributed by atoms with E-state index in [0.717, 1.165) is 30.3 Å². The summed E-state index contributed by atoms with van der Waals surface area (Å²) in [5.41, 5.74) is 1.50. The topological polar surface area (TPSA) is 111 Å². The van der Waals surface area contributed by atoms with Gasteiger partial charge in [0, 0.05) is 42.3 Å². The number of halogens is 4. The van der Waals surface area contributed by atoms with Gasteiger partial charge in [-0.15, -0.1) is 0 Å². The average Bonchev–Trinajstić information content (AvgIpc) is 3.47. The molecule has 5 rings (SSSR count). The summed E-state index contributed by atoms with van der Waals surface area (Å²) in [7, 11) is -3.90. The third-order valence-electron chi connectivity index (χ3n) is 6.61. The molecule has 0 saturated heterocycles. The van der Waals surface area contributed by atoms with E-state index in [1.807, 2.05) is 6.92 Å². The Kier molecular flexibility index (Phi) is 7.27. The highest BCUT2D eigenvalue weighted by Gasteiger charge is 2.32. The second-order valence-corrected chi connectivity index (χ2v) is 11.7. The minimum atomic E-state index is -4.62. The van der Waals surface area contributed by atoms with Crippen molar-refractivity contribution in [2.45, 2.75) is 38.4 Å². The Bertz CT molecular complexity index is 1930. The summed E-state index contributed by atoms with van der Waals surface area (Å²) in [6.07, 6.45) is -0.865. The Hall–Kier alpha value is -4.36. The number of rotatable bonds is 6. The molecule has 0 spiro atoms. The smallest absolute Gasteiger partial charge is 0.433 e. The minimum absolute atomic E-state index is 0.153. The summed E-state index contributed by atoms with van der Waals surface area (Å²) in [5, 5.41) is 9.61. The number of aromatic nitrogens is 4. The van der Waals surface area contributed by atoms with Crippen molar-refractivity contribution in [1.29, 1.82) is 0 Å². The fraction of sp³-hybridized carbons (Fsp3) is 0.207. The zero-order chi connectivity index (χ0) is 30.6. The van der Waals surface area contributed by atoms with Crippen LogP contribution < -0.4 is 0 Å². The van der Waals surface area contributed by atoms with Crippen LogP contribution in [0.2, 0.25) is 0 Å². The number of imidazole rings is 1. The molecule has 0 unspecified atom stereocenters. The van der Waals surface area contributed by atoms with Gasteiger partial charge in [0.25, 0.3) is 0 Å². The van der Waals surface area contributed by atoms with E-state index < -0.39 is 34.1 Å². The fourth-order valence-electron chi connectivity index (χ4n) is 4.74. The van der Waals surface area contributed by atoms with E-state index in [2.05, 4.69) is 15.0 Å². The number of oxazole rings is 1. The lowest BCUT2D eigenvalue weighted by molar-refractivity contribution is -0.141. The molecule has 0 aliphatic carbocycles. The monoisotopic (exact) mass is 600 g/mol. The van der Waals surface area contributed by atoms with Crippen LogP contribution in [0.4, 0.5) is 17.6 Å². The summed E-state index contributed by atoms with van der Waals surface area (Å²) >= 11 is 0. The first-order valence-corrected chi connectivity index (χ1v) is 14.4. The summed E-state index contributed by atoms with van der Waals surface area (Å²) in [4.78, 5) is 12.2. The predicted octanol–water partition coefficient (Wildman–Crippen LogP) is 6.24. The summed E-state index contributed by atoms with van der Waals surface area (Å²) in [6.45, 7) is 4.39. The second kappa shape index (κ2) is 10.5. The van der Waals surface area contributed by atoms with E-state index in [9.17, 15) is 26.7 Å². The molecule has 0 atom stereocenters. The zero-order valence-corrected chi connectivity index (χ0v) is 23.6. The van der Waals surface area contributed by atoms with Gasteiger partial charge in [-0.2, -0.15) is 13.2 Å². The summed E-state index contributed by atoms with van der Waals surface area (Å²) in [5.74, 6) is 0.126. The first kappa shape index (κ1) is 29.1. The van der Waals surface area contributed by atoms with Gasteiger partial charge in [-0.1, -0.05) is 6.07 Å². The van der Waals surface area contributed by atoms with Crippen molar-refractivity contribution in [2.24, 2.45) is 0 Å². The molecule has 0 radical (unpaired) electrons. The van der Waals surface area contributed by atoms with Gasteiger partial charge in [0.2, 0.25) is 0 Å². The number of hydrogen-bond donors (Lipinski definition) is 1. The van der Waals surface area contributed by atoms with Gasteiger partial charge in [-0.3, -0.25) is 4.98 Å². The van der Waals surface area contributed by atoms with E-state index >= 15 is 4.39 Å². The number of sulfone groups is 1. The third-order valence-corrected chi connectivity index (χ3v) is 7.77. The van der Waals surface area contributed by atoms with Crippen LogP contribution in [-0.2, 0) is 22.6 Å². The predicted molar refractivity (Wildman–Crippen MR) is 146 cm³/mol. The van der Waals surface area contributed by atoms with Crippen LogP contribution in [0.5, 0.6) is 0 Å². The van der Waals surface area contributed by atoms with Crippen LogP contribution in [0.3, 0.4) is 0 Å². The van der Waals surface area contributed by atoms with Crippen LogP contribution in [0, 0.1) is 26.6 Å². The van der Waals surface area contributed by atoms with E-state index in [1.54, 1.807) is 42.8 Å². The van der Waals surface area contributed by atoms with Gasteiger partial charge >= 0.3 is 6.18 Å². The Morgan fingerprint density at radius 1 is 0.976 bits per heavy atom. The number of nitrogens with zero attached hydrogens (tertiary/aromatic N) is 4. The lowest BCUT2D eigenvalue weighted by Gasteiger charge is -2.15. The number of alkyl halides is 3. The van der Waals surface area contributed by atoms with Crippen LogP contribution in [0.25, 0.3) is 39.4 Å². The largest absolute Gasteiger partial charge is 0.440 e. The van der Waals surface area contributed by atoms with Gasteiger partial charge in [0.15, 0.2) is 21.5 Å². The number of benzene rings is 2. The van der Waals surface area contributed by atoms with Crippen molar-refractivity contribution in [3.8, 4) is 39.4 Å². The Morgan fingerprint density at radius 2 is 1.69 bits per heavy atom. The van der Waals surface area contributed by atoms with Crippen LogP contribution >= 0.6 is 0 Å². The molecule has 2 aromatic carbocycles. The van der Waals surface area contributed by atoms with Gasteiger partial charge in [0.1, 0.15) is 23.0 Å². The molecule has 5 aromatic rings. The molecular formula is C29H24F4N4O4S. The molecule has 0 saturated carbocycles. The van der Waals surface area contributed by atoms with Gasteiger partial charge in [0.05, 0.1) is 22.9 Å². The first-order chi connectivity index (χ1) is 19.7. The first-order valence-electron chi connectivity index (χ1n) is 12.5. The number of aliphatic hydroxyl groups excluding tert-OH is 1. The van der Waals surface area contributed by atoms with E-state index in [-0.39, 0.29) is 38.9 Å². The molecule has 0 amide bonds. The maximum absolute atomic E-state index is 15.0. The van der Waals surface area contributed by atoms with Crippen molar-refractivity contribution < 1.29 is 35.5 Å². The lowest BCUT2D eigenvalue weighted by atomic mass is 9.97. The Labute approximate surface area is 238 Å². The second-order valence-electron chi connectivity index (χ2n) is 9.74. The summed E-state index contributed by atoms with van der Waals surface area (Å²) < 4.78 is 86.9. The van der Waals surface area contributed by atoms with Crippen molar-refractivity contribution in [3.05, 3.63) is 89.3 Å². The highest BCUT2D eigenvalue weighted by molar-refractivity contribution is 7.90. The standard InChI is InChI=1S/C29H24F4N4O4S/c1-15-13-37(16(2)35-15)24-7-5-18(20-10-23(30)22(14-38)25(11-20)42(4,39)40)9-21(24)27-28(41-17(3)36-27)19-6-8-26(34-12-19)29(31,32)33/h5-13,38H,14H2,1-4H3. The number of aliphatic hydroxyl groups is 1. The molecule has 1 N–H and O–H groups in total. The molecule has 3 heterocycles. The van der Waals surface area contributed by atoms with Gasteiger partial charge < -0.3 is 14.1 Å². The number of aryl methyl sites for hydroxylation is 3. The highest BCUT2D eigenvalue weighted by atomic mass is 32.2. The van der Waals surface area contributed by atoms with Crippen LogP contribution in [-0.4, -0.2) is 39.3 Å². The van der Waals surface area contributed by atoms with Crippen molar-refractivity contribution in [1.82, 2.24) is 19.5 Å². The third kappa shape index (κ3) is 5.44. The zero-order valence-electron chi connectivity index (χ0n) is 22.8. The molecule has 0 aliphatic heterocycles. The molecule has 0 bridgehead atoms. The molecule has 8 nitrogen and oxygen atoms in total. The van der Waals surface area contributed by atoms with Crippen LogP contribution in [0.1, 0.15) is 28.7 Å². The maximum atomic E-state index is 15.0. The minimum Gasteiger partial charge on any atom is -0.440 e. The normalized spacial score (nSPS) is 12.2. The SMILES string of the molecule is Cc1cn(-c2ccc(-c3cc(F)c(CO)c(S(C)(=O)=O)c3)cc2-c2nc(C)oc2-c2ccc(C(F)(F)F)nc2)c(C)n1. The molecular weight excluding hydrogens is 576 g/mol. The Balaban J connectivity index is 1.76. The molecule has 218 valence electrons. The van der Waals surface area contributed by atoms with Crippen molar-refractivity contribution in [3.63, 3.8) is 0 Å². The molecule has 42 heavy (non-hydrogen) atoms. The van der Waals surface area contributed by atoms with Gasteiger partial charge in [-0.05, 0) is 61.4 Å². The molecule has 0 aliphatic rings. The number of hydrogen-bond acceptors (Lipinski definition) is 7. The van der Waals surface area contributed by atoms with Crippen molar-refractivity contribution >= 4 is 9.84 Å². The van der Waals surface area contributed by atoms with E-state index in [1.165, 1.54) is 12.1 Å². The average molecular weight is 601 g/mol. The molecule has 0 fully saturated rings. The lowest BCUT2D eigenvalue weighted by Crippen LogP contribution is -2.07. The quantitative estimate of drug-likeness (QED) is 0.230. The number of pyridine rings is 1. The molecule has 3 aromatic heterocycles. The van der Waals surface area contributed by atoms with Crippen LogP contribution in [0.15, 0.2) is 64.2 Å².